The van der Waals surface area contributed by atoms with Crippen LogP contribution in [0, 0.1) is 11.8 Å². The molecule has 0 saturated heterocycles. The zero-order valence-electron chi connectivity index (χ0n) is 20.5. The molecule has 2 aromatic rings. The van der Waals surface area contributed by atoms with Gasteiger partial charge in [-0.1, -0.05) is 33.8 Å². The molecule has 5 N–H and O–H groups in total. The van der Waals surface area contributed by atoms with Crippen molar-refractivity contribution in [1.29, 1.82) is 0 Å². The summed E-state index contributed by atoms with van der Waals surface area (Å²) >= 11 is 0.798. The lowest BCUT2D eigenvalue weighted by atomic mass is 10.00. The number of ether oxygens (including phenoxy) is 2. The summed E-state index contributed by atoms with van der Waals surface area (Å²) in [6.45, 7) is 8.89. The third-order valence-electron chi connectivity index (χ3n) is 5.60. The number of hydrogen-bond donors (Lipinski definition) is 3. The predicted molar refractivity (Wildman–Crippen MR) is 133 cm³/mol. The van der Waals surface area contributed by atoms with Gasteiger partial charge in [0.15, 0.2) is 17.2 Å². The molecule has 11 heteroatoms. The number of carbonyl (C=O) groups is 3. The summed E-state index contributed by atoms with van der Waals surface area (Å²) in [6.07, 6.45) is 1.26. The molecule has 35 heavy (non-hydrogen) atoms. The maximum absolute atomic E-state index is 13.8. The lowest BCUT2D eigenvalue weighted by molar-refractivity contribution is -0.126. The largest absolute Gasteiger partial charge is 0.454 e. The van der Waals surface area contributed by atoms with E-state index >= 15 is 0 Å². The van der Waals surface area contributed by atoms with E-state index in [9.17, 15) is 14.4 Å². The lowest BCUT2D eigenvalue weighted by Crippen LogP contribution is -2.50. The molecule has 3 amide bonds. The molecule has 1 atom stereocenters. The number of carbonyl (C=O) groups excluding carboxylic acids is 3. The molecule has 1 aliphatic rings. The number of aromatic nitrogens is 1. The van der Waals surface area contributed by atoms with Gasteiger partial charge in [-0.25, -0.2) is 0 Å². The molecule has 0 unspecified atom stereocenters. The summed E-state index contributed by atoms with van der Waals surface area (Å²) in [7, 11) is 0. The van der Waals surface area contributed by atoms with Crippen LogP contribution in [0.3, 0.4) is 0 Å². The highest BCUT2D eigenvalue weighted by atomic mass is 32.1. The molecule has 3 rings (SSSR count). The van der Waals surface area contributed by atoms with E-state index in [-0.39, 0.29) is 41.4 Å². The number of primary amides is 1. The van der Waals surface area contributed by atoms with Crippen LogP contribution in [0.1, 0.15) is 66.3 Å². The van der Waals surface area contributed by atoms with Gasteiger partial charge in [0.05, 0.1) is 5.69 Å². The summed E-state index contributed by atoms with van der Waals surface area (Å²) < 4.78 is 14.8. The molecule has 10 nitrogen and oxygen atoms in total. The molecule has 1 aromatic heterocycles. The molecular weight excluding hydrogens is 470 g/mol. The number of amides is 3. The lowest BCUT2D eigenvalue weighted by Gasteiger charge is -2.32. The zero-order chi connectivity index (χ0) is 25.7. The highest BCUT2D eigenvalue weighted by Crippen LogP contribution is 2.34. The van der Waals surface area contributed by atoms with Crippen LogP contribution >= 0.6 is 11.5 Å². The second-order valence-corrected chi connectivity index (χ2v) is 10.2. The van der Waals surface area contributed by atoms with Crippen LogP contribution in [0.5, 0.6) is 11.5 Å². The zero-order valence-corrected chi connectivity index (χ0v) is 21.3. The molecule has 0 spiro atoms. The van der Waals surface area contributed by atoms with Gasteiger partial charge in [0.2, 0.25) is 12.7 Å². The minimum atomic E-state index is -0.815. The Kier molecular flexibility index (Phi) is 8.55. The van der Waals surface area contributed by atoms with Crippen LogP contribution in [-0.2, 0) is 11.3 Å². The number of fused-ring (bicyclic) bond motifs is 1. The monoisotopic (exact) mass is 503 g/mol. The molecule has 1 aromatic carbocycles. The Hall–Kier alpha value is -3.34. The highest BCUT2D eigenvalue weighted by molar-refractivity contribution is 7.09. The fraction of sp³-hybridized carbons (Fsp3) is 0.500. The van der Waals surface area contributed by atoms with E-state index in [1.54, 1.807) is 12.1 Å². The number of nitrogen functional groups attached to an aromatic ring is 1. The summed E-state index contributed by atoms with van der Waals surface area (Å²) in [4.78, 5) is 40.3. The van der Waals surface area contributed by atoms with Crippen LogP contribution in [0.25, 0.3) is 0 Å². The van der Waals surface area contributed by atoms with E-state index in [1.807, 2.05) is 19.9 Å². The third-order valence-corrected chi connectivity index (χ3v) is 6.45. The highest BCUT2D eigenvalue weighted by Gasteiger charge is 2.34. The Labute approximate surface area is 209 Å². The second-order valence-electron chi connectivity index (χ2n) is 9.38. The molecule has 190 valence electrons. The summed E-state index contributed by atoms with van der Waals surface area (Å²) in [5.74, 6) is 0.198. The number of benzene rings is 1. The number of rotatable bonds is 11. The number of hydrogen-bond acceptors (Lipinski definition) is 8. The van der Waals surface area contributed by atoms with Gasteiger partial charge in [0.25, 0.3) is 11.8 Å². The van der Waals surface area contributed by atoms with Crippen LogP contribution in [0.4, 0.5) is 5.69 Å². The van der Waals surface area contributed by atoms with Crippen LogP contribution in [-0.4, -0.2) is 46.4 Å². The standard InChI is InChI=1S/C24H33N5O5S/c1-13(2)7-8-27-23(31)16(9-14(3)4)29(11-15-5-6-17-18(10-15)34-12-33-17)24(32)21-19(25)20(22(26)30)28-35-21/h5-6,10,13-14,16H,7-9,11-12,25H2,1-4H3,(H2,26,30)(H,27,31)/t16-/m1/s1. The van der Waals surface area contributed by atoms with Gasteiger partial charge in [-0.15, -0.1) is 0 Å². The first-order valence-corrected chi connectivity index (χ1v) is 12.4. The van der Waals surface area contributed by atoms with Gasteiger partial charge in [-0.05, 0) is 53.9 Å². The molecule has 0 aliphatic carbocycles. The third kappa shape index (κ3) is 6.41. The fourth-order valence-corrected chi connectivity index (χ4v) is 4.50. The Morgan fingerprint density at radius 3 is 2.49 bits per heavy atom. The van der Waals surface area contributed by atoms with Crippen molar-refractivity contribution in [2.75, 3.05) is 19.1 Å². The van der Waals surface area contributed by atoms with Gasteiger partial charge in [-0.2, -0.15) is 4.37 Å². The van der Waals surface area contributed by atoms with Crippen LogP contribution in [0.2, 0.25) is 0 Å². The van der Waals surface area contributed by atoms with Crippen molar-refractivity contribution in [3.8, 4) is 11.5 Å². The van der Waals surface area contributed by atoms with Crippen LogP contribution < -0.4 is 26.3 Å². The maximum Gasteiger partial charge on any atom is 0.270 e. The molecule has 0 saturated carbocycles. The molecule has 1 aliphatic heterocycles. The average molecular weight is 504 g/mol. The summed E-state index contributed by atoms with van der Waals surface area (Å²) in [6, 6.07) is 4.61. The van der Waals surface area contributed by atoms with Gasteiger partial charge >= 0.3 is 0 Å². The van der Waals surface area contributed by atoms with Crippen molar-refractivity contribution >= 4 is 34.9 Å². The normalized spacial score (nSPS) is 13.2. The van der Waals surface area contributed by atoms with E-state index in [4.69, 9.17) is 20.9 Å². The van der Waals surface area contributed by atoms with Crippen molar-refractivity contribution in [3.63, 3.8) is 0 Å². The van der Waals surface area contributed by atoms with Crippen molar-refractivity contribution in [2.24, 2.45) is 17.6 Å². The fourth-order valence-electron chi connectivity index (χ4n) is 3.74. The topological polar surface area (TPSA) is 150 Å². The first kappa shape index (κ1) is 26.3. The Bertz CT molecular complexity index is 1080. The molecule has 2 heterocycles. The van der Waals surface area contributed by atoms with Crippen molar-refractivity contribution in [3.05, 3.63) is 34.3 Å². The van der Waals surface area contributed by atoms with Crippen LogP contribution in [0.15, 0.2) is 18.2 Å². The van der Waals surface area contributed by atoms with Gasteiger partial charge in [0.1, 0.15) is 10.9 Å². The Morgan fingerprint density at radius 2 is 1.86 bits per heavy atom. The van der Waals surface area contributed by atoms with Gasteiger partial charge in [0, 0.05) is 13.1 Å². The number of anilines is 1. The van der Waals surface area contributed by atoms with E-state index in [2.05, 4.69) is 23.5 Å². The van der Waals surface area contributed by atoms with Gasteiger partial charge < -0.3 is 31.2 Å². The first-order valence-electron chi connectivity index (χ1n) is 11.6. The van der Waals surface area contributed by atoms with Crippen molar-refractivity contribution < 1.29 is 23.9 Å². The SMILES string of the molecule is CC(C)CCNC(=O)[C@@H](CC(C)C)N(Cc1ccc2c(c1)OCO2)C(=O)c1snc(C(N)=O)c1N. The minimum absolute atomic E-state index is 0.0725. The van der Waals surface area contributed by atoms with E-state index in [1.165, 1.54) is 4.90 Å². The summed E-state index contributed by atoms with van der Waals surface area (Å²) in [5.41, 5.74) is 11.9. The van der Waals surface area contributed by atoms with Crippen molar-refractivity contribution in [2.45, 2.75) is 53.1 Å². The average Bonchev–Trinajstić information content (AvgIpc) is 3.41. The number of nitrogens with one attached hydrogen (secondary N) is 1. The van der Waals surface area contributed by atoms with E-state index in [0.29, 0.717) is 30.4 Å². The predicted octanol–water partition coefficient (Wildman–Crippen LogP) is 2.77. The van der Waals surface area contributed by atoms with E-state index in [0.717, 1.165) is 23.5 Å². The second kappa shape index (κ2) is 11.4. The van der Waals surface area contributed by atoms with E-state index < -0.39 is 17.9 Å². The molecule has 0 bridgehead atoms. The first-order chi connectivity index (χ1) is 16.6. The number of nitrogens with two attached hydrogens (primary N) is 2. The summed E-state index contributed by atoms with van der Waals surface area (Å²) in [5, 5.41) is 2.98. The molecular formula is C24H33N5O5S. The van der Waals surface area contributed by atoms with Gasteiger partial charge in [-0.3, -0.25) is 14.4 Å². The smallest absolute Gasteiger partial charge is 0.270 e. The molecule has 0 fully saturated rings. The maximum atomic E-state index is 13.8. The molecule has 0 radical (unpaired) electrons. The number of nitrogens with zero attached hydrogens (tertiary/aromatic N) is 2. The minimum Gasteiger partial charge on any atom is -0.454 e. The van der Waals surface area contributed by atoms with Crippen molar-refractivity contribution in [1.82, 2.24) is 14.6 Å². The Morgan fingerprint density at radius 1 is 1.14 bits per heavy atom. The Balaban J connectivity index is 1.97. The quantitative estimate of drug-likeness (QED) is 0.427.